The Labute approximate surface area is 124 Å². The van der Waals surface area contributed by atoms with Crippen LogP contribution in [0.25, 0.3) is 5.69 Å². The fourth-order valence-corrected chi connectivity index (χ4v) is 2.43. The fourth-order valence-electron chi connectivity index (χ4n) is 1.48. The lowest BCUT2D eigenvalue weighted by Gasteiger charge is -2.08. The summed E-state index contributed by atoms with van der Waals surface area (Å²) in [4.78, 5) is 35.9. The van der Waals surface area contributed by atoms with Gasteiger partial charge >= 0.3 is 11.7 Å². The zero-order chi connectivity index (χ0) is 14.2. The lowest BCUT2D eigenvalue weighted by atomic mass is 10.3. The maximum absolute atomic E-state index is 11.7. The highest BCUT2D eigenvalue weighted by atomic mass is 127. The number of H-pyrrole nitrogens is 1. The number of hydrogen-bond donors (Lipinski definition) is 2. The number of rotatable bonds is 2. The standard InChI is InChI=1S/C11H6ClIN2O4/c12-7-3-5(13)1-2-8(7)15-4-6(10(17)18)9(16)14-11(15)19/h1-4H,(H,17,18)(H,14,16,19). The van der Waals surface area contributed by atoms with Crippen LogP contribution in [0, 0.1) is 3.57 Å². The van der Waals surface area contributed by atoms with Crippen molar-refractivity contribution in [1.29, 1.82) is 0 Å². The Balaban J connectivity index is 2.75. The van der Waals surface area contributed by atoms with Gasteiger partial charge in [-0.1, -0.05) is 11.6 Å². The Kier molecular flexibility index (Phi) is 3.76. The molecule has 0 unspecified atom stereocenters. The summed E-state index contributed by atoms with van der Waals surface area (Å²) in [5.41, 5.74) is -1.94. The van der Waals surface area contributed by atoms with Gasteiger partial charge in [-0.3, -0.25) is 14.3 Å². The van der Waals surface area contributed by atoms with Crippen LogP contribution >= 0.6 is 34.2 Å². The van der Waals surface area contributed by atoms with Gasteiger partial charge in [0.25, 0.3) is 5.56 Å². The molecule has 1 heterocycles. The predicted molar refractivity (Wildman–Crippen MR) is 77.3 cm³/mol. The molecule has 0 aliphatic carbocycles. The van der Waals surface area contributed by atoms with Crippen molar-refractivity contribution < 1.29 is 9.90 Å². The van der Waals surface area contributed by atoms with Crippen LogP contribution in [0.15, 0.2) is 34.0 Å². The second kappa shape index (κ2) is 5.17. The number of carboxylic acids is 1. The minimum absolute atomic E-state index is 0.275. The Morgan fingerprint density at radius 2 is 2.05 bits per heavy atom. The van der Waals surface area contributed by atoms with Crippen LogP contribution in [0.5, 0.6) is 0 Å². The number of aromatic nitrogens is 2. The van der Waals surface area contributed by atoms with E-state index in [1.807, 2.05) is 27.6 Å². The molecule has 19 heavy (non-hydrogen) atoms. The molecule has 0 bridgehead atoms. The molecule has 0 radical (unpaired) electrons. The first-order valence-corrected chi connectivity index (χ1v) is 6.40. The molecule has 1 aromatic carbocycles. The summed E-state index contributed by atoms with van der Waals surface area (Å²) in [5, 5.41) is 9.15. The number of nitrogens with one attached hydrogen (secondary N) is 1. The molecule has 0 saturated carbocycles. The summed E-state index contributed by atoms with van der Waals surface area (Å²) in [6, 6.07) is 4.89. The van der Waals surface area contributed by atoms with Crippen molar-refractivity contribution in [1.82, 2.24) is 9.55 Å². The van der Waals surface area contributed by atoms with Crippen molar-refractivity contribution in [2.45, 2.75) is 0 Å². The van der Waals surface area contributed by atoms with Gasteiger partial charge in [0.2, 0.25) is 0 Å². The van der Waals surface area contributed by atoms with Gasteiger partial charge < -0.3 is 5.11 Å². The van der Waals surface area contributed by atoms with E-state index in [0.717, 1.165) is 14.3 Å². The lowest BCUT2D eigenvalue weighted by molar-refractivity contribution is 0.0694. The van der Waals surface area contributed by atoms with Gasteiger partial charge in [0, 0.05) is 9.77 Å². The first kappa shape index (κ1) is 13.8. The van der Waals surface area contributed by atoms with Crippen molar-refractivity contribution in [3.63, 3.8) is 0 Å². The largest absolute Gasteiger partial charge is 0.477 e. The van der Waals surface area contributed by atoms with Crippen LogP contribution in [0.4, 0.5) is 0 Å². The maximum atomic E-state index is 11.7. The van der Waals surface area contributed by atoms with Crippen LogP contribution in [-0.4, -0.2) is 20.6 Å². The van der Waals surface area contributed by atoms with Gasteiger partial charge in [-0.25, -0.2) is 9.59 Å². The van der Waals surface area contributed by atoms with Crippen LogP contribution in [-0.2, 0) is 0 Å². The van der Waals surface area contributed by atoms with Crippen LogP contribution in [0.2, 0.25) is 5.02 Å². The zero-order valence-corrected chi connectivity index (χ0v) is 12.1. The van der Waals surface area contributed by atoms with E-state index in [0.29, 0.717) is 5.69 Å². The molecule has 0 spiro atoms. The summed E-state index contributed by atoms with van der Waals surface area (Å²) >= 11 is 8.05. The van der Waals surface area contributed by atoms with E-state index >= 15 is 0 Å². The third-order valence-electron chi connectivity index (χ3n) is 2.34. The molecule has 1 aromatic heterocycles. The van der Waals surface area contributed by atoms with Crippen molar-refractivity contribution in [3.05, 3.63) is 59.4 Å². The Morgan fingerprint density at radius 1 is 1.37 bits per heavy atom. The minimum atomic E-state index is -1.42. The van der Waals surface area contributed by atoms with Crippen LogP contribution < -0.4 is 11.2 Å². The number of halogens is 2. The molecule has 2 rings (SSSR count). The normalized spacial score (nSPS) is 10.4. The SMILES string of the molecule is O=C(O)c1cn(-c2ccc(I)cc2Cl)c(=O)[nH]c1=O. The van der Waals surface area contributed by atoms with E-state index < -0.39 is 22.8 Å². The minimum Gasteiger partial charge on any atom is -0.477 e. The lowest BCUT2D eigenvalue weighted by Crippen LogP contribution is -2.32. The molecule has 2 aromatic rings. The molecule has 0 fully saturated rings. The van der Waals surface area contributed by atoms with E-state index in [1.165, 1.54) is 0 Å². The van der Waals surface area contributed by atoms with Crippen LogP contribution in [0.3, 0.4) is 0 Å². The van der Waals surface area contributed by atoms with E-state index in [-0.39, 0.29) is 5.02 Å². The Bertz CT molecular complexity index is 781. The van der Waals surface area contributed by atoms with E-state index in [2.05, 4.69) is 0 Å². The zero-order valence-electron chi connectivity index (χ0n) is 9.18. The number of nitrogens with zero attached hydrogens (tertiary/aromatic N) is 1. The first-order valence-electron chi connectivity index (χ1n) is 4.95. The van der Waals surface area contributed by atoms with Gasteiger partial charge in [-0.15, -0.1) is 0 Å². The first-order chi connectivity index (χ1) is 8.90. The smallest absolute Gasteiger partial charge is 0.342 e. The molecule has 0 atom stereocenters. The topological polar surface area (TPSA) is 92.2 Å². The molecule has 8 heteroatoms. The second-order valence-electron chi connectivity index (χ2n) is 3.57. The van der Waals surface area contributed by atoms with E-state index in [9.17, 15) is 14.4 Å². The Hall–Kier alpha value is -1.61. The number of carboxylic acid groups (broad SMARTS) is 1. The van der Waals surface area contributed by atoms with Gasteiger partial charge in [0.1, 0.15) is 5.56 Å². The third kappa shape index (κ3) is 2.71. The van der Waals surface area contributed by atoms with Gasteiger partial charge in [-0.2, -0.15) is 0 Å². The molecule has 98 valence electrons. The molecular formula is C11H6ClIN2O4. The molecule has 6 nitrogen and oxygen atoms in total. The maximum Gasteiger partial charge on any atom is 0.342 e. The van der Waals surface area contributed by atoms with Crippen molar-refractivity contribution in [2.75, 3.05) is 0 Å². The van der Waals surface area contributed by atoms with Crippen molar-refractivity contribution in [2.24, 2.45) is 0 Å². The molecule has 0 saturated heterocycles. The molecule has 0 amide bonds. The summed E-state index contributed by atoms with van der Waals surface area (Å²) in [7, 11) is 0. The molecule has 0 aliphatic heterocycles. The van der Waals surface area contributed by atoms with Crippen LogP contribution in [0.1, 0.15) is 10.4 Å². The number of aromatic amines is 1. The van der Waals surface area contributed by atoms with Gasteiger partial charge in [-0.05, 0) is 40.8 Å². The van der Waals surface area contributed by atoms with E-state index in [4.69, 9.17) is 16.7 Å². The number of aromatic carboxylic acids is 1. The molecular weight excluding hydrogens is 386 g/mol. The Morgan fingerprint density at radius 3 is 2.63 bits per heavy atom. The average molecular weight is 393 g/mol. The summed E-state index contributed by atoms with van der Waals surface area (Å²) in [5.74, 6) is -1.42. The van der Waals surface area contributed by atoms with Crippen molar-refractivity contribution in [3.8, 4) is 5.69 Å². The monoisotopic (exact) mass is 392 g/mol. The highest BCUT2D eigenvalue weighted by molar-refractivity contribution is 14.1. The third-order valence-corrected chi connectivity index (χ3v) is 3.32. The van der Waals surface area contributed by atoms with Gasteiger partial charge in [0.05, 0.1) is 10.7 Å². The van der Waals surface area contributed by atoms with Crippen molar-refractivity contribution >= 4 is 40.2 Å². The quantitative estimate of drug-likeness (QED) is 0.757. The molecule has 0 aliphatic rings. The second-order valence-corrected chi connectivity index (χ2v) is 5.23. The predicted octanol–water partition coefficient (Wildman–Crippen LogP) is 1.48. The molecule has 2 N–H and O–H groups in total. The van der Waals surface area contributed by atoms with E-state index in [1.54, 1.807) is 18.2 Å². The fraction of sp³-hybridized carbons (Fsp3) is 0. The number of benzene rings is 1. The highest BCUT2D eigenvalue weighted by Gasteiger charge is 2.13. The average Bonchev–Trinajstić information content (AvgIpc) is 2.30. The summed E-state index contributed by atoms with van der Waals surface area (Å²) < 4.78 is 1.85. The number of carbonyl (C=O) groups is 1. The highest BCUT2D eigenvalue weighted by Crippen LogP contribution is 2.21. The summed E-state index contributed by atoms with van der Waals surface area (Å²) in [6.45, 7) is 0. The number of hydrogen-bond acceptors (Lipinski definition) is 3. The summed E-state index contributed by atoms with van der Waals surface area (Å²) in [6.07, 6.45) is 0.956. The van der Waals surface area contributed by atoms with Gasteiger partial charge in [0.15, 0.2) is 0 Å².